The molecule has 8 N–H and O–H groups in total. The van der Waals surface area contributed by atoms with Crippen molar-refractivity contribution in [1.82, 2.24) is 10.9 Å². The molecule has 1 aromatic rings. The number of carbonyl (C=O) groups is 5. The molecule has 0 spiro atoms. The second-order valence-electron chi connectivity index (χ2n) is 6.29. The molecule has 1 rings (SSSR count). The molecule has 0 aliphatic rings. The first kappa shape index (κ1) is 26.7. The third-order valence-corrected chi connectivity index (χ3v) is 3.95. The monoisotopic (exact) mass is 424 g/mol. The van der Waals surface area contributed by atoms with E-state index < -0.39 is 29.5 Å². The zero-order valence-corrected chi connectivity index (χ0v) is 16.8. The molecule has 11 nitrogen and oxygen atoms in total. The molecular weight excluding hydrogens is 396 g/mol. The maximum absolute atomic E-state index is 11.5. The number of carbonyl (C=O) groups excluding carboxylic acids is 3. The van der Waals surface area contributed by atoms with E-state index in [0.29, 0.717) is 12.8 Å². The minimum Gasteiger partial charge on any atom is -0.481 e. The van der Waals surface area contributed by atoms with Crippen molar-refractivity contribution in [3.05, 3.63) is 34.9 Å². The van der Waals surface area contributed by atoms with Crippen molar-refractivity contribution >= 4 is 29.5 Å². The van der Waals surface area contributed by atoms with Gasteiger partial charge in [0.2, 0.25) is 0 Å². The largest absolute Gasteiger partial charge is 0.481 e. The van der Waals surface area contributed by atoms with Gasteiger partial charge in [0.15, 0.2) is 5.78 Å². The zero-order chi connectivity index (χ0) is 23.1. The summed E-state index contributed by atoms with van der Waals surface area (Å²) < 4.78 is 0. The summed E-state index contributed by atoms with van der Waals surface area (Å²) in [4.78, 5) is 54.6. The van der Waals surface area contributed by atoms with Crippen LogP contribution in [0.4, 0.5) is 0 Å². The fraction of sp³-hybridized carbons (Fsp3) is 0.421. The fourth-order valence-electron chi connectivity index (χ4n) is 2.55. The Bertz CT molecular complexity index is 713. The molecule has 30 heavy (non-hydrogen) atoms. The fourth-order valence-corrected chi connectivity index (χ4v) is 2.55. The van der Waals surface area contributed by atoms with E-state index in [4.69, 9.17) is 21.9 Å². The highest BCUT2D eigenvalue weighted by Crippen LogP contribution is 2.16. The summed E-state index contributed by atoms with van der Waals surface area (Å²) in [5.74, 6) is 6.74. The van der Waals surface area contributed by atoms with Crippen LogP contribution < -0.4 is 22.5 Å². The number of carboxylic acid groups (broad SMARTS) is 2. The first-order valence-corrected chi connectivity index (χ1v) is 9.25. The van der Waals surface area contributed by atoms with Crippen LogP contribution in [0.1, 0.15) is 82.9 Å². The van der Waals surface area contributed by atoms with Crippen molar-refractivity contribution in [1.29, 1.82) is 0 Å². The zero-order valence-electron chi connectivity index (χ0n) is 16.8. The van der Waals surface area contributed by atoms with Gasteiger partial charge in [-0.25, -0.2) is 11.7 Å². The molecule has 1 aromatic carbocycles. The Morgan fingerprint density at radius 3 is 1.43 bits per heavy atom. The number of ketones is 1. The minimum atomic E-state index is -0.759. The lowest BCUT2D eigenvalue weighted by Crippen LogP contribution is -2.34. The summed E-state index contributed by atoms with van der Waals surface area (Å²) in [7, 11) is 0. The van der Waals surface area contributed by atoms with E-state index in [0.717, 1.165) is 19.3 Å². The van der Waals surface area contributed by atoms with Crippen LogP contribution in [0.5, 0.6) is 0 Å². The lowest BCUT2D eigenvalue weighted by Gasteiger charge is -2.10. The molecule has 0 saturated heterocycles. The maximum Gasteiger partial charge on any atom is 0.303 e. The van der Waals surface area contributed by atoms with E-state index in [2.05, 4.69) is 0 Å². The highest BCUT2D eigenvalue weighted by atomic mass is 16.4. The van der Waals surface area contributed by atoms with E-state index in [-0.39, 0.29) is 29.5 Å². The smallest absolute Gasteiger partial charge is 0.303 e. The Kier molecular flexibility index (Phi) is 13.0. The highest BCUT2D eigenvalue weighted by molar-refractivity contribution is 6.14. The van der Waals surface area contributed by atoms with Gasteiger partial charge < -0.3 is 10.2 Å². The lowest BCUT2D eigenvalue weighted by molar-refractivity contribution is -0.138. The molecule has 11 heteroatoms. The summed E-state index contributed by atoms with van der Waals surface area (Å²) in [5, 5.41) is 16.6. The predicted molar refractivity (Wildman–Crippen MR) is 107 cm³/mol. The number of hydrogen-bond acceptors (Lipinski definition) is 7. The Labute approximate surface area is 173 Å². The van der Waals surface area contributed by atoms with Gasteiger partial charge in [0, 0.05) is 18.4 Å². The second kappa shape index (κ2) is 14.7. The number of nitrogens with two attached hydrogens (primary N) is 2. The van der Waals surface area contributed by atoms with Gasteiger partial charge in [0.05, 0.1) is 11.1 Å². The Hall–Kier alpha value is -3.31. The molecule has 0 saturated carbocycles. The number of carboxylic acids is 2. The van der Waals surface area contributed by atoms with Crippen LogP contribution in [0, 0.1) is 0 Å². The summed E-state index contributed by atoms with van der Waals surface area (Å²) in [6.07, 6.45) is 4.53. The molecule has 0 aliphatic carbocycles. The third kappa shape index (κ3) is 10.3. The average Bonchev–Trinajstić information content (AvgIpc) is 2.71. The van der Waals surface area contributed by atoms with Gasteiger partial charge in [-0.05, 0) is 31.9 Å². The molecule has 0 heterocycles. The topological polar surface area (TPSA) is 202 Å². The van der Waals surface area contributed by atoms with Gasteiger partial charge in [-0.3, -0.25) is 34.8 Å². The van der Waals surface area contributed by atoms with E-state index in [1.165, 1.54) is 25.1 Å². The number of aliphatic carboxylic acids is 2. The van der Waals surface area contributed by atoms with Crippen LogP contribution in [-0.4, -0.2) is 39.7 Å². The second-order valence-corrected chi connectivity index (χ2v) is 6.29. The number of nitrogen functional groups attached to an aromatic ring is 2. The molecule has 166 valence electrons. The van der Waals surface area contributed by atoms with E-state index in [1.807, 2.05) is 10.9 Å². The van der Waals surface area contributed by atoms with Crippen LogP contribution in [-0.2, 0) is 9.59 Å². The van der Waals surface area contributed by atoms with Crippen molar-refractivity contribution in [2.75, 3.05) is 0 Å². The van der Waals surface area contributed by atoms with Crippen LogP contribution in [0.3, 0.4) is 0 Å². The normalized spacial score (nSPS) is 9.70. The van der Waals surface area contributed by atoms with Crippen molar-refractivity contribution in [2.24, 2.45) is 11.7 Å². The quantitative estimate of drug-likeness (QED) is 0.0983. The summed E-state index contributed by atoms with van der Waals surface area (Å²) in [6, 6.07) is 4.25. The SMILES string of the molecule is CC(=O)c1c(C(=O)NN)cccc1C(=O)NN.O=C(O)CCCCCCCC(=O)O. The number of hydrazine groups is 2. The van der Waals surface area contributed by atoms with Gasteiger partial charge in [0.25, 0.3) is 11.8 Å². The van der Waals surface area contributed by atoms with Gasteiger partial charge in [0.1, 0.15) is 0 Å². The lowest BCUT2D eigenvalue weighted by atomic mass is 9.97. The highest BCUT2D eigenvalue weighted by Gasteiger charge is 2.20. The van der Waals surface area contributed by atoms with Crippen molar-refractivity contribution in [2.45, 2.75) is 51.9 Å². The van der Waals surface area contributed by atoms with E-state index in [1.54, 1.807) is 0 Å². The number of unbranched alkanes of at least 4 members (excludes halogenated alkanes) is 4. The summed E-state index contributed by atoms with van der Waals surface area (Å²) in [5.41, 5.74) is 3.86. The van der Waals surface area contributed by atoms with Crippen LogP contribution in [0.25, 0.3) is 0 Å². The van der Waals surface area contributed by atoms with Crippen LogP contribution in [0.2, 0.25) is 0 Å². The standard InChI is InChI=1S/C10H12N4O3.C9H16O4/c1-5(15)8-6(9(16)13-11)3-2-4-7(8)10(17)14-12;10-8(11)6-4-2-1-3-5-7-9(12)13/h2-4H,11-12H2,1H3,(H,13,16)(H,14,17);1-7H2,(H,10,11)(H,12,13). The van der Waals surface area contributed by atoms with Crippen molar-refractivity contribution in [3.8, 4) is 0 Å². The number of amides is 2. The number of Topliss-reactive ketones (excluding diaryl/α,β-unsaturated/α-hetero) is 1. The number of benzene rings is 1. The molecular formula is C19H28N4O7. The average molecular weight is 424 g/mol. The number of rotatable bonds is 11. The van der Waals surface area contributed by atoms with Crippen molar-refractivity contribution in [3.63, 3.8) is 0 Å². The maximum atomic E-state index is 11.5. The number of nitrogens with one attached hydrogen (secondary N) is 2. The molecule has 0 bridgehead atoms. The minimum absolute atomic E-state index is 0.0154. The molecule has 2 amide bonds. The van der Waals surface area contributed by atoms with Crippen LogP contribution in [0.15, 0.2) is 18.2 Å². The van der Waals surface area contributed by atoms with Crippen molar-refractivity contribution < 1.29 is 34.2 Å². The predicted octanol–water partition coefficient (Wildman–Crippen LogP) is 0.982. The van der Waals surface area contributed by atoms with E-state index >= 15 is 0 Å². The Morgan fingerprint density at radius 1 is 0.767 bits per heavy atom. The third-order valence-electron chi connectivity index (χ3n) is 3.95. The molecule has 0 aliphatic heterocycles. The number of hydrogen-bond donors (Lipinski definition) is 6. The Morgan fingerprint density at radius 2 is 1.13 bits per heavy atom. The summed E-state index contributed by atoms with van der Waals surface area (Å²) >= 11 is 0. The van der Waals surface area contributed by atoms with Gasteiger partial charge in [-0.15, -0.1) is 0 Å². The molecule has 0 aromatic heterocycles. The molecule has 0 unspecified atom stereocenters. The molecule has 0 fully saturated rings. The van der Waals surface area contributed by atoms with Crippen LogP contribution >= 0.6 is 0 Å². The van der Waals surface area contributed by atoms with Gasteiger partial charge >= 0.3 is 11.9 Å². The summed E-state index contributed by atoms with van der Waals surface area (Å²) in [6.45, 7) is 1.25. The Balaban J connectivity index is 0.000000584. The molecule has 0 radical (unpaired) electrons. The first-order valence-electron chi connectivity index (χ1n) is 9.25. The van der Waals surface area contributed by atoms with Gasteiger partial charge in [-0.1, -0.05) is 25.3 Å². The molecule has 0 atom stereocenters. The van der Waals surface area contributed by atoms with Gasteiger partial charge in [-0.2, -0.15) is 0 Å². The van der Waals surface area contributed by atoms with E-state index in [9.17, 15) is 24.0 Å². The first-order chi connectivity index (χ1) is 14.1.